The summed E-state index contributed by atoms with van der Waals surface area (Å²) in [4.78, 5) is 46.8. The molecule has 2 heterocycles. The number of carbonyl (C=O) groups excluding carboxylic acids is 2. The summed E-state index contributed by atoms with van der Waals surface area (Å²) in [6, 6.07) is 12.0. The number of nitrogen functional groups attached to an aromatic ring is 1. The average Bonchev–Trinajstić information content (AvgIpc) is 3.01. The number of nitro groups is 1. The molecule has 0 atom stereocenters. The van der Waals surface area contributed by atoms with Gasteiger partial charge in [0.25, 0.3) is 23.1 Å². The molecule has 3 N–H and O–H groups in total. The highest BCUT2D eigenvalue weighted by Crippen LogP contribution is 2.28. The van der Waals surface area contributed by atoms with Gasteiger partial charge in [-0.25, -0.2) is 8.42 Å². The van der Waals surface area contributed by atoms with Crippen molar-refractivity contribution in [3.8, 4) is 5.69 Å². The summed E-state index contributed by atoms with van der Waals surface area (Å²) in [5, 5.41) is 13.5. The van der Waals surface area contributed by atoms with Gasteiger partial charge in [-0.1, -0.05) is 30.3 Å². The van der Waals surface area contributed by atoms with E-state index in [0.717, 1.165) is 28.8 Å². The minimum absolute atomic E-state index is 0.226. The van der Waals surface area contributed by atoms with E-state index in [1.807, 2.05) is 5.32 Å². The molecule has 0 spiro atoms. The van der Waals surface area contributed by atoms with Crippen LogP contribution < -0.4 is 16.6 Å². The fourth-order valence-corrected chi connectivity index (χ4v) is 4.80. The minimum Gasteiger partial charge on any atom is -0.384 e. The van der Waals surface area contributed by atoms with E-state index in [1.165, 1.54) is 0 Å². The number of amides is 2. The lowest BCUT2D eigenvalue weighted by atomic mass is 10.1. The van der Waals surface area contributed by atoms with Gasteiger partial charge in [0.05, 0.1) is 32.4 Å². The van der Waals surface area contributed by atoms with E-state index in [-0.39, 0.29) is 16.8 Å². The highest BCUT2D eigenvalue weighted by molar-refractivity contribution is 7.90. The van der Waals surface area contributed by atoms with Crippen molar-refractivity contribution in [1.29, 1.82) is 0 Å². The van der Waals surface area contributed by atoms with E-state index in [0.29, 0.717) is 5.56 Å². The number of nitrogens with two attached hydrogens (primary N) is 1. The number of hydrogen-bond acceptors (Lipinski definition) is 8. The van der Waals surface area contributed by atoms with Crippen LogP contribution in [-0.4, -0.2) is 29.7 Å². The van der Waals surface area contributed by atoms with Crippen molar-refractivity contribution in [3.05, 3.63) is 91.8 Å². The molecule has 0 aliphatic carbocycles. The van der Waals surface area contributed by atoms with Crippen LogP contribution in [0, 0.1) is 10.1 Å². The largest absolute Gasteiger partial charge is 0.384 e. The number of carbonyl (C=O) groups is 2. The first kappa shape index (κ1) is 20.9. The molecule has 1 aliphatic rings. The quantitative estimate of drug-likeness (QED) is 0.329. The molecule has 0 radical (unpaired) electrons. The van der Waals surface area contributed by atoms with E-state index >= 15 is 0 Å². The van der Waals surface area contributed by atoms with Crippen molar-refractivity contribution in [1.82, 2.24) is 9.88 Å². The van der Waals surface area contributed by atoms with E-state index in [9.17, 15) is 32.9 Å². The molecule has 1 aromatic heterocycles. The number of hydrogen-bond donors (Lipinski definition) is 2. The molecule has 4 rings (SSSR count). The first-order chi connectivity index (χ1) is 15.1. The summed E-state index contributed by atoms with van der Waals surface area (Å²) in [5.74, 6) is -2.51. The van der Waals surface area contributed by atoms with E-state index in [2.05, 4.69) is 0 Å². The van der Waals surface area contributed by atoms with Gasteiger partial charge in [-0.2, -0.15) is 0 Å². The number of nitro benzene ring substituents is 1. The summed E-state index contributed by atoms with van der Waals surface area (Å²) in [5.41, 5.74) is 4.24. The van der Waals surface area contributed by atoms with Crippen molar-refractivity contribution < 1.29 is 22.9 Å². The summed E-state index contributed by atoms with van der Waals surface area (Å²) in [6.07, 6.45) is 0. The number of non-ortho nitro benzene ring substituents is 1. The van der Waals surface area contributed by atoms with Crippen LogP contribution >= 0.6 is 0 Å². The molecular formula is C20H14N4O7S. The smallest absolute Gasteiger partial charge is 0.272 e. The average molecular weight is 454 g/mol. The second-order valence-electron chi connectivity index (χ2n) is 6.96. The zero-order chi connectivity index (χ0) is 23.2. The Morgan fingerprint density at radius 3 is 2.34 bits per heavy atom. The van der Waals surface area contributed by atoms with Crippen LogP contribution in [0.5, 0.6) is 0 Å². The predicted octanol–water partition coefficient (Wildman–Crippen LogP) is 1.19. The Morgan fingerprint density at radius 1 is 1.00 bits per heavy atom. The molecule has 0 unspecified atom stereocenters. The summed E-state index contributed by atoms with van der Waals surface area (Å²) >= 11 is 0. The summed E-state index contributed by atoms with van der Waals surface area (Å²) in [7, 11) is -4.05. The molecule has 0 fully saturated rings. The highest BCUT2D eigenvalue weighted by Gasteiger charge is 2.32. The molecule has 3 aromatic rings. The zero-order valence-corrected chi connectivity index (χ0v) is 17.0. The van der Waals surface area contributed by atoms with Crippen LogP contribution in [0.2, 0.25) is 0 Å². The van der Waals surface area contributed by atoms with Crippen molar-refractivity contribution in [2.24, 2.45) is 0 Å². The van der Waals surface area contributed by atoms with Gasteiger partial charge in [-0.3, -0.25) is 34.4 Å². The van der Waals surface area contributed by atoms with Gasteiger partial charge in [0.1, 0.15) is 5.82 Å². The first-order valence-corrected chi connectivity index (χ1v) is 10.7. The minimum atomic E-state index is -4.05. The lowest BCUT2D eigenvalue weighted by molar-refractivity contribution is -0.385. The second-order valence-corrected chi connectivity index (χ2v) is 8.95. The lowest BCUT2D eigenvalue weighted by Crippen LogP contribution is -2.24. The molecule has 2 amide bonds. The zero-order valence-electron chi connectivity index (χ0n) is 16.1. The van der Waals surface area contributed by atoms with Gasteiger partial charge in [0, 0.05) is 18.2 Å². The summed E-state index contributed by atoms with van der Waals surface area (Å²) < 4.78 is 26.7. The van der Waals surface area contributed by atoms with E-state index < -0.39 is 54.3 Å². The fourth-order valence-electron chi connectivity index (χ4n) is 3.40. The Morgan fingerprint density at radius 2 is 1.69 bits per heavy atom. The predicted molar refractivity (Wildman–Crippen MR) is 112 cm³/mol. The third kappa shape index (κ3) is 3.52. The van der Waals surface area contributed by atoms with Crippen molar-refractivity contribution >= 4 is 33.2 Å². The number of fused-ring (bicyclic) bond motifs is 1. The van der Waals surface area contributed by atoms with Gasteiger partial charge >= 0.3 is 0 Å². The van der Waals surface area contributed by atoms with Crippen LogP contribution in [-0.2, 0) is 15.6 Å². The first-order valence-electron chi connectivity index (χ1n) is 9.06. The Bertz CT molecular complexity index is 1480. The second kappa shape index (κ2) is 7.42. The number of benzene rings is 2. The molecule has 11 nitrogen and oxygen atoms in total. The third-order valence-corrected chi connectivity index (χ3v) is 6.52. The third-order valence-electron chi connectivity index (χ3n) is 4.86. The summed E-state index contributed by atoms with van der Waals surface area (Å²) in [6.45, 7) is 0. The molecule has 0 bridgehead atoms. The van der Waals surface area contributed by atoms with Crippen molar-refractivity contribution in [2.75, 3.05) is 5.73 Å². The molecule has 12 heteroatoms. The maximum Gasteiger partial charge on any atom is 0.272 e. The molecule has 32 heavy (non-hydrogen) atoms. The number of aromatic nitrogens is 1. The standard InChI is InChI=1S/C20H14N4O7S/c21-18-17-15(19(26)22-20(17)27)9-16(25)23(18)12-6-13(24(28)29)8-14(7-12)32(30,31)10-11-4-2-1-3-5-11/h1-9H,10,21H2,(H,22,26,27). The van der Waals surface area contributed by atoms with Gasteiger partial charge in [0.15, 0.2) is 9.84 Å². The number of nitrogens with one attached hydrogen (secondary N) is 1. The van der Waals surface area contributed by atoms with E-state index in [4.69, 9.17) is 5.73 Å². The van der Waals surface area contributed by atoms with Crippen molar-refractivity contribution in [3.63, 3.8) is 0 Å². The molecule has 1 aliphatic heterocycles. The number of nitrogens with zero attached hydrogens (tertiary/aromatic N) is 2. The van der Waals surface area contributed by atoms with Crippen LogP contribution in [0.25, 0.3) is 5.69 Å². The maximum atomic E-state index is 13.0. The van der Waals surface area contributed by atoms with Crippen LogP contribution in [0.3, 0.4) is 0 Å². The molecule has 2 aromatic carbocycles. The lowest BCUT2D eigenvalue weighted by Gasteiger charge is -2.13. The van der Waals surface area contributed by atoms with Gasteiger partial charge in [-0.05, 0) is 11.6 Å². The Balaban J connectivity index is 1.92. The van der Waals surface area contributed by atoms with E-state index in [1.54, 1.807) is 30.3 Å². The molecule has 0 saturated carbocycles. The molecule has 0 saturated heterocycles. The fraction of sp³-hybridized carbons (Fsp3) is 0.0500. The number of pyridine rings is 1. The number of imide groups is 1. The monoisotopic (exact) mass is 454 g/mol. The topological polar surface area (TPSA) is 171 Å². The van der Waals surface area contributed by atoms with Gasteiger partial charge < -0.3 is 5.73 Å². The van der Waals surface area contributed by atoms with Gasteiger partial charge in [-0.15, -0.1) is 0 Å². The Labute approximate surface area is 180 Å². The Hall–Kier alpha value is -4.32. The number of sulfone groups is 1. The highest BCUT2D eigenvalue weighted by atomic mass is 32.2. The number of rotatable bonds is 5. The normalized spacial score (nSPS) is 13.0. The van der Waals surface area contributed by atoms with Crippen molar-refractivity contribution in [2.45, 2.75) is 10.6 Å². The van der Waals surface area contributed by atoms with Crippen LogP contribution in [0.15, 0.2) is 64.3 Å². The molecule has 162 valence electrons. The van der Waals surface area contributed by atoms with Crippen LogP contribution in [0.1, 0.15) is 26.3 Å². The SMILES string of the molecule is Nc1c2c(cc(=O)n1-c1cc([N+](=O)[O-])cc(S(=O)(=O)Cc3ccccc3)c1)C(=O)NC2=O. The number of anilines is 1. The molecular weight excluding hydrogens is 440 g/mol. The van der Waals surface area contributed by atoms with Crippen LogP contribution in [0.4, 0.5) is 11.5 Å². The maximum absolute atomic E-state index is 13.0. The Kier molecular flexibility index (Phi) is 4.86. The van der Waals surface area contributed by atoms with Gasteiger partial charge in [0.2, 0.25) is 0 Å².